The maximum atomic E-state index is 12.7. The molecule has 5 nitrogen and oxygen atoms in total. The molecule has 1 atom stereocenters. The Labute approximate surface area is 173 Å². The third-order valence-corrected chi connectivity index (χ3v) is 5.16. The van der Waals surface area contributed by atoms with E-state index in [1.807, 2.05) is 20.8 Å². The average Bonchev–Trinajstić information content (AvgIpc) is 2.60. The Hall–Kier alpha value is -1.75. The number of piperidine rings is 1. The number of likely N-dealkylation sites (tertiary alicyclic amines) is 1. The quantitative estimate of drug-likeness (QED) is 0.734. The van der Waals surface area contributed by atoms with Crippen LogP contribution in [0, 0.1) is 11.8 Å². The van der Waals surface area contributed by atoms with Crippen LogP contribution in [0.1, 0.15) is 64.2 Å². The summed E-state index contributed by atoms with van der Waals surface area (Å²) in [5.41, 5.74) is 0.130. The molecule has 1 aromatic rings. The molecular weight excluding hydrogens is 376 g/mol. The first kappa shape index (κ1) is 22.5. The van der Waals surface area contributed by atoms with Gasteiger partial charge in [0.15, 0.2) is 0 Å². The van der Waals surface area contributed by atoms with Gasteiger partial charge in [0, 0.05) is 29.7 Å². The number of carbonyl (C=O) groups excluding carboxylic acids is 2. The Morgan fingerprint density at radius 3 is 2.25 bits per heavy atom. The molecular formula is C22H33ClN2O3. The molecule has 1 unspecified atom stereocenters. The van der Waals surface area contributed by atoms with E-state index in [1.165, 1.54) is 0 Å². The Kier molecular flexibility index (Phi) is 7.76. The first-order chi connectivity index (χ1) is 13.0. The number of ether oxygens (including phenoxy) is 1. The summed E-state index contributed by atoms with van der Waals surface area (Å²) in [6.45, 7) is 11.3. The molecule has 2 amide bonds. The molecule has 1 aromatic carbocycles. The van der Waals surface area contributed by atoms with E-state index in [9.17, 15) is 9.59 Å². The normalized spacial score (nSPS) is 16.8. The predicted octanol–water partition coefficient (Wildman–Crippen LogP) is 5.13. The minimum Gasteiger partial charge on any atom is -0.444 e. The van der Waals surface area contributed by atoms with E-state index in [1.54, 1.807) is 29.2 Å². The maximum absolute atomic E-state index is 12.7. The van der Waals surface area contributed by atoms with Gasteiger partial charge in [0.2, 0.25) is 0 Å². The summed E-state index contributed by atoms with van der Waals surface area (Å²) in [5.74, 6) is 0.744. The van der Waals surface area contributed by atoms with E-state index in [0.29, 0.717) is 35.5 Å². The number of benzene rings is 1. The van der Waals surface area contributed by atoms with Gasteiger partial charge in [-0.3, -0.25) is 4.79 Å². The number of nitrogens with zero attached hydrogens (tertiary/aromatic N) is 1. The fraction of sp³-hybridized carbons (Fsp3) is 0.636. The summed E-state index contributed by atoms with van der Waals surface area (Å²) in [7, 11) is 0. The molecule has 0 aliphatic carbocycles. The zero-order chi connectivity index (χ0) is 20.9. The minimum atomic E-state index is -0.485. The minimum absolute atomic E-state index is 0.0723. The average molecular weight is 409 g/mol. The monoisotopic (exact) mass is 408 g/mol. The van der Waals surface area contributed by atoms with Gasteiger partial charge in [-0.05, 0) is 76.1 Å². The SMILES string of the molecule is CC(C)CC(NC(=O)c1ccc(Cl)cc1)C1CCN(C(=O)OC(C)(C)C)CC1. The summed E-state index contributed by atoms with van der Waals surface area (Å²) < 4.78 is 5.48. The molecule has 1 saturated heterocycles. The van der Waals surface area contributed by atoms with Crippen molar-refractivity contribution in [1.82, 2.24) is 10.2 Å². The van der Waals surface area contributed by atoms with Gasteiger partial charge in [-0.15, -0.1) is 0 Å². The van der Waals surface area contributed by atoms with Crippen molar-refractivity contribution in [3.8, 4) is 0 Å². The van der Waals surface area contributed by atoms with Crippen LogP contribution in [0.3, 0.4) is 0 Å². The van der Waals surface area contributed by atoms with Gasteiger partial charge in [-0.25, -0.2) is 4.79 Å². The van der Waals surface area contributed by atoms with Crippen LogP contribution in [-0.2, 0) is 4.74 Å². The van der Waals surface area contributed by atoms with Crippen molar-refractivity contribution in [3.05, 3.63) is 34.9 Å². The number of rotatable bonds is 5. The first-order valence-corrected chi connectivity index (χ1v) is 10.5. The van der Waals surface area contributed by atoms with Crippen LogP contribution in [0.5, 0.6) is 0 Å². The van der Waals surface area contributed by atoms with Crippen molar-refractivity contribution in [2.45, 2.75) is 65.5 Å². The van der Waals surface area contributed by atoms with E-state index < -0.39 is 5.60 Å². The third-order valence-electron chi connectivity index (χ3n) is 4.91. The number of carbonyl (C=O) groups is 2. The molecule has 1 heterocycles. The van der Waals surface area contributed by atoms with E-state index >= 15 is 0 Å². The molecule has 1 aliphatic heterocycles. The van der Waals surface area contributed by atoms with Gasteiger partial charge in [-0.2, -0.15) is 0 Å². The fourth-order valence-corrected chi connectivity index (χ4v) is 3.67. The van der Waals surface area contributed by atoms with Gasteiger partial charge >= 0.3 is 6.09 Å². The number of amides is 2. The van der Waals surface area contributed by atoms with Crippen LogP contribution in [0.2, 0.25) is 5.02 Å². The molecule has 0 aromatic heterocycles. The summed E-state index contributed by atoms with van der Waals surface area (Å²) in [5, 5.41) is 3.83. The van der Waals surface area contributed by atoms with Crippen LogP contribution >= 0.6 is 11.6 Å². The van der Waals surface area contributed by atoms with Crippen LogP contribution < -0.4 is 5.32 Å². The molecule has 1 N–H and O–H groups in total. The lowest BCUT2D eigenvalue weighted by Gasteiger charge is -2.37. The maximum Gasteiger partial charge on any atom is 0.410 e. The molecule has 156 valence electrons. The molecule has 1 aliphatic rings. The second-order valence-corrected chi connectivity index (χ2v) is 9.46. The van der Waals surface area contributed by atoms with Crippen molar-refractivity contribution in [1.29, 1.82) is 0 Å². The van der Waals surface area contributed by atoms with Crippen molar-refractivity contribution >= 4 is 23.6 Å². The van der Waals surface area contributed by atoms with E-state index in [2.05, 4.69) is 19.2 Å². The molecule has 28 heavy (non-hydrogen) atoms. The fourth-order valence-electron chi connectivity index (χ4n) is 3.54. The Morgan fingerprint density at radius 1 is 1.18 bits per heavy atom. The first-order valence-electron chi connectivity index (χ1n) is 10.1. The molecule has 0 bridgehead atoms. The molecule has 0 spiro atoms. The standard InChI is InChI=1S/C22H33ClN2O3/c1-15(2)14-19(24-20(26)17-6-8-18(23)9-7-17)16-10-12-25(13-11-16)21(27)28-22(3,4)5/h6-9,15-16,19H,10-14H2,1-5H3,(H,24,26). The van der Waals surface area contributed by atoms with Gasteiger partial charge in [0.1, 0.15) is 5.60 Å². The predicted molar refractivity (Wildman–Crippen MR) is 113 cm³/mol. The zero-order valence-electron chi connectivity index (χ0n) is 17.6. The third kappa shape index (κ3) is 7.01. The van der Waals surface area contributed by atoms with E-state index in [-0.39, 0.29) is 18.0 Å². The van der Waals surface area contributed by atoms with Gasteiger partial charge < -0.3 is 15.0 Å². The molecule has 6 heteroatoms. The molecule has 1 fully saturated rings. The van der Waals surface area contributed by atoms with Gasteiger partial charge in [-0.1, -0.05) is 25.4 Å². The molecule has 2 rings (SSSR count). The topological polar surface area (TPSA) is 58.6 Å². The zero-order valence-corrected chi connectivity index (χ0v) is 18.4. The summed E-state index contributed by atoms with van der Waals surface area (Å²) in [6, 6.07) is 7.04. The van der Waals surface area contributed by atoms with Crippen LogP contribution in [-0.4, -0.2) is 41.6 Å². The van der Waals surface area contributed by atoms with Gasteiger partial charge in [0.05, 0.1) is 0 Å². The Morgan fingerprint density at radius 2 is 1.75 bits per heavy atom. The van der Waals surface area contributed by atoms with Crippen LogP contribution in [0.4, 0.5) is 4.79 Å². The van der Waals surface area contributed by atoms with E-state index in [4.69, 9.17) is 16.3 Å². The highest BCUT2D eigenvalue weighted by Crippen LogP contribution is 2.26. The smallest absolute Gasteiger partial charge is 0.410 e. The largest absolute Gasteiger partial charge is 0.444 e. The van der Waals surface area contributed by atoms with Crippen LogP contribution in [0.25, 0.3) is 0 Å². The Bertz CT molecular complexity index is 659. The second kappa shape index (κ2) is 9.64. The Balaban J connectivity index is 1.97. The lowest BCUT2D eigenvalue weighted by atomic mass is 9.85. The van der Waals surface area contributed by atoms with Crippen molar-refractivity contribution < 1.29 is 14.3 Å². The highest BCUT2D eigenvalue weighted by molar-refractivity contribution is 6.30. The lowest BCUT2D eigenvalue weighted by molar-refractivity contribution is 0.0164. The second-order valence-electron chi connectivity index (χ2n) is 9.02. The number of halogens is 1. The summed E-state index contributed by atoms with van der Waals surface area (Å²) in [4.78, 5) is 26.7. The number of nitrogens with one attached hydrogen (secondary N) is 1. The number of hydrogen-bond acceptors (Lipinski definition) is 3. The van der Waals surface area contributed by atoms with Crippen LogP contribution in [0.15, 0.2) is 24.3 Å². The van der Waals surface area contributed by atoms with E-state index in [0.717, 1.165) is 19.3 Å². The molecule has 0 radical (unpaired) electrons. The lowest BCUT2D eigenvalue weighted by Crippen LogP contribution is -2.48. The summed E-state index contributed by atoms with van der Waals surface area (Å²) in [6.07, 6.45) is 2.38. The van der Waals surface area contributed by atoms with Crippen molar-refractivity contribution in [2.75, 3.05) is 13.1 Å². The molecule has 0 saturated carbocycles. The highest BCUT2D eigenvalue weighted by atomic mass is 35.5. The summed E-state index contributed by atoms with van der Waals surface area (Å²) >= 11 is 5.92. The van der Waals surface area contributed by atoms with Crippen molar-refractivity contribution in [2.24, 2.45) is 11.8 Å². The number of hydrogen-bond donors (Lipinski definition) is 1. The highest BCUT2D eigenvalue weighted by Gasteiger charge is 2.31. The van der Waals surface area contributed by atoms with Crippen molar-refractivity contribution in [3.63, 3.8) is 0 Å². The van der Waals surface area contributed by atoms with Gasteiger partial charge in [0.25, 0.3) is 5.91 Å².